The first-order valence-electron chi connectivity index (χ1n) is 5.47. The summed E-state index contributed by atoms with van der Waals surface area (Å²) in [5.74, 6) is 0.408. The Morgan fingerprint density at radius 3 is 3.11 bits per heavy atom. The Kier molecular flexibility index (Phi) is 3.81. The van der Waals surface area contributed by atoms with E-state index in [1.165, 1.54) is 6.92 Å². The highest BCUT2D eigenvalue weighted by atomic mass is 79.9. The normalized spacial score (nSPS) is 12.4. The number of hydrogen-bond acceptors (Lipinski definition) is 4. The summed E-state index contributed by atoms with van der Waals surface area (Å²) in [7, 11) is 0. The van der Waals surface area contributed by atoms with E-state index in [0.29, 0.717) is 12.4 Å². The fourth-order valence-corrected chi connectivity index (χ4v) is 1.79. The third-order valence-corrected chi connectivity index (χ3v) is 2.80. The quantitative estimate of drug-likeness (QED) is 0.926. The SMILES string of the molecule is CC(=O)NC[C@@H](C)Oc1ccc2ncc(Br)n2n1. The van der Waals surface area contributed by atoms with Gasteiger partial charge in [0.2, 0.25) is 11.8 Å². The van der Waals surface area contributed by atoms with Crippen molar-refractivity contribution in [3.63, 3.8) is 0 Å². The molecule has 0 bridgehead atoms. The van der Waals surface area contributed by atoms with E-state index in [4.69, 9.17) is 4.74 Å². The summed E-state index contributed by atoms with van der Waals surface area (Å²) < 4.78 is 8.00. The number of halogens is 1. The molecule has 0 fully saturated rings. The molecule has 0 saturated carbocycles. The van der Waals surface area contributed by atoms with Crippen molar-refractivity contribution in [2.45, 2.75) is 20.0 Å². The molecule has 7 heteroatoms. The van der Waals surface area contributed by atoms with Gasteiger partial charge in [-0.05, 0) is 28.9 Å². The summed E-state index contributed by atoms with van der Waals surface area (Å²) in [6, 6.07) is 3.57. The average molecular weight is 313 g/mol. The van der Waals surface area contributed by atoms with Crippen molar-refractivity contribution in [2.24, 2.45) is 0 Å². The van der Waals surface area contributed by atoms with E-state index in [-0.39, 0.29) is 12.0 Å². The molecule has 18 heavy (non-hydrogen) atoms. The van der Waals surface area contributed by atoms with Gasteiger partial charge in [0.05, 0.1) is 12.7 Å². The van der Waals surface area contributed by atoms with E-state index in [2.05, 4.69) is 31.3 Å². The first-order chi connectivity index (χ1) is 8.56. The van der Waals surface area contributed by atoms with Gasteiger partial charge in [-0.3, -0.25) is 4.79 Å². The Labute approximate surface area is 112 Å². The molecule has 0 saturated heterocycles. The molecule has 1 amide bonds. The van der Waals surface area contributed by atoms with E-state index in [0.717, 1.165) is 10.3 Å². The lowest BCUT2D eigenvalue weighted by Crippen LogP contribution is -2.32. The monoisotopic (exact) mass is 312 g/mol. The number of amides is 1. The molecule has 0 spiro atoms. The second kappa shape index (κ2) is 5.34. The number of fused-ring (bicyclic) bond motifs is 1. The number of imidazole rings is 1. The van der Waals surface area contributed by atoms with Crippen LogP contribution in [0.25, 0.3) is 5.65 Å². The molecule has 2 heterocycles. The van der Waals surface area contributed by atoms with Crippen LogP contribution in [0.3, 0.4) is 0 Å². The molecule has 6 nitrogen and oxygen atoms in total. The van der Waals surface area contributed by atoms with Crippen LogP contribution in [0.1, 0.15) is 13.8 Å². The fraction of sp³-hybridized carbons (Fsp3) is 0.364. The highest BCUT2D eigenvalue weighted by Crippen LogP contribution is 2.15. The lowest BCUT2D eigenvalue weighted by molar-refractivity contribution is -0.119. The van der Waals surface area contributed by atoms with Crippen LogP contribution in [-0.4, -0.2) is 33.2 Å². The Hall–Kier alpha value is -1.63. The molecule has 96 valence electrons. The summed E-state index contributed by atoms with van der Waals surface area (Å²) >= 11 is 3.34. The largest absolute Gasteiger partial charge is 0.472 e. The minimum absolute atomic E-state index is 0.0776. The van der Waals surface area contributed by atoms with Crippen LogP contribution in [0.4, 0.5) is 0 Å². The van der Waals surface area contributed by atoms with E-state index in [1.54, 1.807) is 16.8 Å². The zero-order valence-electron chi connectivity index (χ0n) is 10.1. The van der Waals surface area contributed by atoms with Gasteiger partial charge in [-0.1, -0.05) is 0 Å². The molecule has 1 N–H and O–H groups in total. The highest BCUT2D eigenvalue weighted by Gasteiger charge is 2.08. The number of aromatic nitrogens is 3. The van der Waals surface area contributed by atoms with Crippen LogP contribution < -0.4 is 10.1 Å². The Bertz CT molecular complexity index is 569. The summed E-state index contributed by atoms with van der Waals surface area (Å²) in [5.41, 5.74) is 0.740. The molecule has 0 radical (unpaired) electrons. The average Bonchev–Trinajstić information content (AvgIpc) is 2.69. The maximum Gasteiger partial charge on any atom is 0.232 e. The molecule has 0 aliphatic heterocycles. The van der Waals surface area contributed by atoms with Crippen LogP contribution in [-0.2, 0) is 4.79 Å². The first-order valence-corrected chi connectivity index (χ1v) is 6.27. The number of carbonyl (C=O) groups excluding carboxylic acids is 1. The van der Waals surface area contributed by atoms with Crippen molar-refractivity contribution in [3.8, 4) is 5.88 Å². The predicted octanol–water partition coefficient (Wildman–Crippen LogP) is 1.40. The second-order valence-electron chi connectivity index (χ2n) is 3.89. The number of nitrogens with one attached hydrogen (secondary N) is 1. The summed E-state index contributed by atoms with van der Waals surface area (Å²) in [6.45, 7) is 3.78. The van der Waals surface area contributed by atoms with Gasteiger partial charge in [0.25, 0.3) is 0 Å². The van der Waals surface area contributed by atoms with Crippen molar-refractivity contribution < 1.29 is 9.53 Å². The van der Waals surface area contributed by atoms with Crippen molar-refractivity contribution in [2.75, 3.05) is 6.54 Å². The summed E-state index contributed by atoms with van der Waals surface area (Å²) in [4.78, 5) is 14.9. The number of ether oxygens (including phenoxy) is 1. The predicted molar refractivity (Wildman–Crippen MR) is 69.5 cm³/mol. The minimum atomic E-state index is -0.152. The van der Waals surface area contributed by atoms with Gasteiger partial charge in [-0.15, -0.1) is 5.10 Å². The Morgan fingerprint density at radius 2 is 2.39 bits per heavy atom. The maximum atomic E-state index is 10.8. The first kappa shape index (κ1) is 12.8. The number of hydrogen-bond donors (Lipinski definition) is 1. The molecule has 0 aromatic carbocycles. The Balaban J connectivity index is 2.06. The van der Waals surface area contributed by atoms with Crippen molar-refractivity contribution in [1.29, 1.82) is 0 Å². The van der Waals surface area contributed by atoms with Crippen LogP contribution in [0.15, 0.2) is 22.9 Å². The lowest BCUT2D eigenvalue weighted by atomic mass is 10.4. The molecule has 2 aromatic heterocycles. The van der Waals surface area contributed by atoms with Crippen LogP contribution in [0, 0.1) is 0 Å². The number of nitrogens with zero attached hydrogens (tertiary/aromatic N) is 3. The highest BCUT2D eigenvalue weighted by molar-refractivity contribution is 9.10. The van der Waals surface area contributed by atoms with Crippen LogP contribution in [0.5, 0.6) is 5.88 Å². The molecule has 0 unspecified atom stereocenters. The standard InChI is InChI=1S/C11H13BrN4O2/c1-7(5-13-8(2)17)18-11-4-3-10-14-6-9(12)16(10)15-11/h3-4,6-7H,5H2,1-2H3,(H,13,17)/t7-/m1/s1. The van der Waals surface area contributed by atoms with Crippen LogP contribution >= 0.6 is 15.9 Å². The molecule has 0 aliphatic carbocycles. The smallest absolute Gasteiger partial charge is 0.232 e. The van der Waals surface area contributed by atoms with Gasteiger partial charge >= 0.3 is 0 Å². The molecular formula is C11H13BrN4O2. The second-order valence-corrected chi connectivity index (χ2v) is 4.70. The summed E-state index contributed by atoms with van der Waals surface area (Å²) in [6.07, 6.45) is 1.52. The fourth-order valence-electron chi connectivity index (χ4n) is 1.43. The molecular weight excluding hydrogens is 300 g/mol. The molecule has 0 aliphatic rings. The van der Waals surface area contributed by atoms with E-state index >= 15 is 0 Å². The minimum Gasteiger partial charge on any atom is -0.472 e. The molecule has 1 atom stereocenters. The maximum absolute atomic E-state index is 10.8. The van der Waals surface area contributed by atoms with E-state index < -0.39 is 0 Å². The number of carbonyl (C=O) groups is 1. The number of rotatable bonds is 4. The van der Waals surface area contributed by atoms with E-state index in [9.17, 15) is 4.79 Å². The van der Waals surface area contributed by atoms with Gasteiger partial charge in [-0.2, -0.15) is 0 Å². The van der Waals surface area contributed by atoms with Gasteiger partial charge < -0.3 is 10.1 Å². The van der Waals surface area contributed by atoms with E-state index in [1.807, 2.05) is 13.0 Å². The zero-order valence-corrected chi connectivity index (χ0v) is 11.6. The van der Waals surface area contributed by atoms with Crippen molar-refractivity contribution >= 4 is 27.5 Å². The molecule has 2 aromatic rings. The van der Waals surface area contributed by atoms with Crippen LogP contribution in [0.2, 0.25) is 0 Å². The van der Waals surface area contributed by atoms with Gasteiger partial charge in [0.1, 0.15) is 10.7 Å². The zero-order chi connectivity index (χ0) is 13.1. The van der Waals surface area contributed by atoms with Gasteiger partial charge in [0.15, 0.2) is 5.65 Å². The van der Waals surface area contributed by atoms with Crippen molar-refractivity contribution in [1.82, 2.24) is 19.9 Å². The topological polar surface area (TPSA) is 68.5 Å². The third kappa shape index (κ3) is 2.98. The van der Waals surface area contributed by atoms with Gasteiger partial charge in [-0.25, -0.2) is 9.50 Å². The molecule has 2 rings (SSSR count). The third-order valence-electron chi connectivity index (χ3n) is 2.26. The Morgan fingerprint density at radius 1 is 1.61 bits per heavy atom. The lowest BCUT2D eigenvalue weighted by Gasteiger charge is -2.13. The van der Waals surface area contributed by atoms with Crippen molar-refractivity contribution in [3.05, 3.63) is 22.9 Å². The summed E-state index contributed by atoms with van der Waals surface area (Å²) in [5, 5.41) is 6.96. The van der Waals surface area contributed by atoms with Gasteiger partial charge in [0, 0.05) is 13.0 Å².